The van der Waals surface area contributed by atoms with Gasteiger partial charge in [0.1, 0.15) is 10.9 Å². The van der Waals surface area contributed by atoms with Gasteiger partial charge in [0.2, 0.25) is 0 Å². The van der Waals surface area contributed by atoms with Crippen LogP contribution in [0.1, 0.15) is 18.4 Å². The topological polar surface area (TPSA) is 61.6 Å². The molecule has 5 nitrogen and oxygen atoms in total. The molecule has 0 aliphatic carbocycles. The molecule has 0 unspecified atom stereocenters. The molecule has 0 bridgehead atoms. The van der Waals surface area contributed by atoms with Crippen molar-refractivity contribution in [3.63, 3.8) is 0 Å². The first-order valence-electron chi connectivity index (χ1n) is 6.28. The van der Waals surface area contributed by atoms with Crippen LogP contribution in [0.3, 0.4) is 0 Å². The second-order valence-electron chi connectivity index (χ2n) is 4.71. The van der Waals surface area contributed by atoms with E-state index in [9.17, 15) is 4.79 Å². The number of esters is 1. The minimum absolute atomic E-state index is 0.239. The summed E-state index contributed by atoms with van der Waals surface area (Å²) in [5, 5.41) is 0. The Bertz CT molecular complexity index is 627. The third-order valence-electron chi connectivity index (χ3n) is 3.41. The molecule has 1 aromatic heterocycles. The van der Waals surface area contributed by atoms with E-state index in [2.05, 4.69) is 4.98 Å². The standard InChI is InChI=1S/C14H15NO4/c1-3-18-13(16)14(7-17-8-14)10-4-5-11-12(6-10)19-9(2)15-11/h4-6H,3,7-8H2,1-2H3. The van der Waals surface area contributed by atoms with Gasteiger partial charge in [-0.25, -0.2) is 4.98 Å². The lowest BCUT2D eigenvalue weighted by molar-refractivity contribution is -0.169. The Hall–Kier alpha value is -1.88. The highest BCUT2D eigenvalue weighted by Crippen LogP contribution is 2.35. The fourth-order valence-corrected chi connectivity index (χ4v) is 2.32. The normalized spacial score (nSPS) is 17.2. The number of ether oxygens (including phenoxy) is 2. The van der Waals surface area contributed by atoms with Crippen LogP contribution in [0.5, 0.6) is 0 Å². The Morgan fingerprint density at radius 3 is 2.89 bits per heavy atom. The minimum atomic E-state index is -0.690. The van der Waals surface area contributed by atoms with Gasteiger partial charge in [0, 0.05) is 6.92 Å². The predicted molar refractivity (Wildman–Crippen MR) is 67.9 cm³/mol. The van der Waals surface area contributed by atoms with Crippen molar-refractivity contribution in [3.05, 3.63) is 29.7 Å². The lowest BCUT2D eigenvalue weighted by atomic mass is 9.78. The van der Waals surface area contributed by atoms with Crippen LogP contribution >= 0.6 is 0 Å². The average molecular weight is 261 g/mol. The molecule has 2 heterocycles. The van der Waals surface area contributed by atoms with E-state index in [-0.39, 0.29) is 5.97 Å². The lowest BCUT2D eigenvalue weighted by Gasteiger charge is -2.39. The van der Waals surface area contributed by atoms with Gasteiger partial charge >= 0.3 is 5.97 Å². The van der Waals surface area contributed by atoms with Crippen molar-refractivity contribution in [1.82, 2.24) is 4.98 Å². The Kier molecular flexibility index (Phi) is 2.78. The molecule has 0 spiro atoms. The Balaban J connectivity index is 2.03. The zero-order valence-corrected chi connectivity index (χ0v) is 10.9. The second kappa shape index (κ2) is 4.35. The Morgan fingerprint density at radius 1 is 1.47 bits per heavy atom. The molecule has 1 saturated heterocycles. The number of rotatable bonds is 3. The van der Waals surface area contributed by atoms with Gasteiger partial charge in [-0.2, -0.15) is 0 Å². The van der Waals surface area contributed by atoms with Crippen LogP contribution in [0.25, 0.3) is 11.1 Å². The molecule has 2 aromatic rings. The van der Waals surface area contributed by atoms with Crippen LogP contribution in [0.4, 0.5) is 0 Å². The zero-order valence-electron chi connectivity index (χ0n) is 10.9. The van der Waals surface area contributed by atoms with Gasteiger partial charge in [-0.15, -0.1) is 0 Å². The molecule has 1 aliphatic rings. The second-order valence-corrected chi connectivity index (χ2v) is 4.71. The van der Waals surface area contributed by atoms with Crippen molar-refractivity contribution < 1.29 is 18.7 Å². The first kappa shape index (κ1) is 12.2. The number of hydrogen-bond donors (Lipinski definition) is 0. The molecular weight excluding hydrogens is 246 g/mol. The van der Waals surface area contributed by atoms with Crippen LogP contribution in [-0.2, 0) is 19.7 Å². The quantitative estimate of drug-likeness (QED) is 0.790. The number of oxazole rings is 1. The minimum Gasteiger partial charge on any atom is -0.465 e. The molecule has 1 fully saturated rings. The van der Waals surface area contributed by atoms with Crippen molar-refractivity contribution in [3.8, 4) is 0 Å². The van der Waals surface area contributed by atoms with Gasteiger partial charge in [-0.1, -0.05) is 6.07 Å². The van der Waals surface area contributed by atoms with Crippen molar-refractivity contribution in [2.75, 3.05) is 19.8 Å². The van der Waals surface area contributed by atoms with Gasteiger partial charge in [-0.05, 0) is 24.6 Å². The van der Waals surface area contributed by atoms with E-state index in [0.717, 1.165) is 11.1 Å². The monoisotopic (exact) mass is 261 g/mol. The highest BCUT2D eigenvalue weighted by molar-refractivity contribution is 5.86. The first-order chi connectivity index (χ1) is 9.15. The molecule has 5 heteroatoms. The summed E-state index contributed by atoms with van der Waals surface area (Å²) in [7, 11) is 0. The summed E-state index contributed by atoms with van der Waals surface area (Å²) in [5.41, 5.74) is 1.65. The van der Waals surface area contributed by atoms with E-state index in [1.54, 1.807) is 13.8 Å². The summed E-state index contributed by atoms with van der Waals surface area (Å²) in [5.74, 6) is 0.374. The molecule has 1 aliphatic heterocycles. The SMILES string of the molecule is CCOC(=O)C1(c2ccc3nc(C)oc3c2)COC1. The molecule has 100 valence electrons. The van der Waals surface area contributed by atoms with Gasteiger partial charge < -0.3 is 13.9 Å². The largest absolute Gasteiger partial charge is 0.465 e. The highest BCUT2D eigenvalue weighted by atomic mass is 16.6. The number of aromatic nitrogens is 1. The molecule has 0 saturated carbocycles. The maximum atomic E-state index is 12.1. The van der Waals surface area contributed by atoms with Crippen LogP contribution in [-0.4, -0.2) is 30.8 Å². The van der Waals surface area contributed by atoms with Crippen LogP contribution in [0, 0.1) is 6.92 Å². The molecule has 19 heavy (non-hydrogen) atoms. The summed E-state index contributed by atoms with van der Waals surface area (Å²) in [6.45, 7) is 4.67. The number of fused-ring (bicyclic) bond motifs is 1. The number of carbonyl (C=O) groups is 1. The average Bonchev–Trinajstić information content (AvgIpc) is 2.67. The number of carbonyl (C=O) groups excluding carboxylic acids is 1. The van der Waals surface area contributed by atoms with Gasteiger partial charge in [-0.3, -0.25) is 4.79 Å². The molecule has 1 aromatic carbocycles. The third-order valence-corrected chi connectivity index (χ3v) is 3.41. The molecule has 0 atom stereocenters. The van der Waals surface area contributed by atoms with Crippen molar-refractivity contribution >= 4 is 17.1 Å². The smallest absolute Gasteiger partial charge is 0.321 e. The summed E-state index contributed by atoms with van der Waals surface area (Å²) in [4.78, 5) is 16.4. The van der Waals surface area contributed by atoms with Gasteiger partial charge in [0.25, 0.3) is 0 Å². The summed E-state index contributed by atoms with van der Waals surface area (Å²) >= 11 is 0. The molecule has 0 radical (unpaired) electrons. The fourth-order valence-electron chi connectivity index (χ4n) is 2.32. The van der Waals surface area contributed by atoms with E-state index in [1.807, 2.05) is 18.2 Å². The van der Waals surface area contributed by atoms with E-state index in [4.69, 9.17) is 13.9 Å². The maximum Gasteiger partial charge on any atom is 0.321 e. The Labute approximate surface area is 110 Å². The molecular formula is C14H15NO4. The first-order valence-corrected chi connectivity index (χ1v) is 6.28. The highest BCUT2D eigenvalue weighted by Gasteiger charge is 2.49. The van der Waals surface area contributed by atoms with Gasteiger partial charge in [0.05, 0.1) is 19.8 Å². The summed E-state index contributed by atoms with van der Waals surface area (Å²) in [6, 6.07) is 5.61. The number of nitrogens with zero attached hydrogens (tertiary/aromatic N) is 1. The molecule has 3 rings (SSSR count). The van der Waals surface area contributed by atoms with E-state index in [0.29, 0.717) is 31.3 Å². The maximum absolute atomic E-state index is 12.1. The molecule has 0 amide bonds. The summed E-state index contributed by atoms with van der Waals surface area (Å²) < 4.78 is 15.9. The predicted octanol–water partition coefficient (Wildman–Crippen LogP) is 1.97. The Morgan fingerprint density at radius 2 is 2.26 bits per heavy atom. The number of hydrogen-bond acceptors (Lipinski definition) is 5. The lowest BCUT2D eigenvalue weighted by Crippen LogP contribution is -2.53. The van der Waals surface area contributed by atoms with E-state index >= 15 is 0 Å². The number of benzene rings is 1. The number of aryl methyl sites for hydroxylation is 1. The van der Waals surface area contributed by atoms with Gasteiger partial charge in [0.15, 0.2) is 11.5 Å². The van der Waals surface area contributed by atoms with Crippen LogP contribution < -0.4 is 0 Å². The van der Waals surface area contributed by atoms with Crippen molar-refractivity contribution in [2.45, 2.75) is 19.3 Å². The van der Waals surface area contributed by atoms with E-state index in [1.165, 1.54) is 0 Å². The fraction of sp³-hybridized carbons (Fsp3) is 0.429. The van der Waals surface area contributed by atoms with Crippen molar-refractivity contribution in [2.24, 2.45) is 0 Å². The third kappa shape index (κ3) is 1.81. The molecule has 0 N–H and O–H groups in total. The van der Waals surface area contributed by atoms with Crippen LogP contribution in [0.2, 0.25) is 0 Å². The van der Waals surface area contributed by atoms with E-state index < -0.39 is 5.41 Å². The van der Waals surface area contributed by atoms with Crippen LogP contribution in [0.15, 0.2) is 22.6 Å². The summed E-state index contributed by atoms with van der Waals surface area (Å²) in [6.07, 6.45) is 0. The zero-order chi connectivity index (χ0) is 13.5. The van der Waals surface area contributed by atoms with Crippen molar-refractivity contribution in [1.29, 1.82) is 0 Å².